The van der Waals surface area contributed by atoms with Crippen molar-refractivity contribution in [2.75, 3.05) is 0 Å². The Bertz CT molecular complexity index is 149. The zero-order chi connectivity index (χ0) is 7.84. The highest BCUT2D eigenvalue weighted by Gasteiger charge is 2.39. The van der Waals surface area contributed by atoms with E-state index in [-0.39, 0.29) is 0 Å². The molecule has 0 saturated carbocycles. The normalized spacial score (nSPS) is 44.7. The Morgan fingerprint density at radius 2 is 2.36 bits per heavy atom. The van der Waals surface area contributed by atoms with Gasteiger partial charge in [0.05, 0.1) is 0 Å². The molecule has 0 aromatic carbocycles. The Morgan fingerprint density at radius 3 is 2.82 bits per heavy atom. The van der Waals surface area contributed by atoms with Crippen LogP contribution in [0, 0.1) is 0 Å². The van der Waals surface area contributed by atoms with Gasteiger partial charge in [0.1, 0.15) is 6.23 Å². The first-order valence-electron chi connectivity index (χ1n) is 4.43. The second kappa shape index (κ2) is 2.73. The molecule has 2 aliphatic heterocycles. The van der Waals surface area contributed by atoms with Gasteiger partial charge in [0.25, 0.3) is 0 Å². The molecule has 2 rings (SSSR count). The van der Waals surface area contributed by atoms with E-state index in [0.717, 1.165) is 6.42 Å². The second-order valence-electron chi connectivity index (χ2n) is 3.70. The highest BCUT2D eigenvalue weighted by molar-refractivity contribution is 5.01. The lowest BCUT2D eigenvalue weighted by atomic mass is 9.95. The van der Waals surface area contributed by atoms with Crippen LogP contribution in [-0.2, 0) is 5.11 Å². The van der Waals surface area contributed by atoms with Gasteiger partial charge in [-0.3, -0.25) is 5.32 Å². The van der Waals surface area contributed by atoms with Crippen molar-refractivity contribution in [1.82, 2.24) is 10.6 Å². The molecule has 0 aliphatic carbocycles. The maximum Gasteiger partial charge on any atom is 0.141 e. The lowest BCUT2D eigenvalue weighted by molar-refractivity contribution is 0.0605. The van der Waals surface area contributed by atoms with Crippen LogP contribution in [0.25, 0.3) is 0 Å². The Hall–Kier alpha value is -0.120. The summed E-state index contributed by atoms with van der Waals surface area (Å²) in [6.07, 6.45) is 3.09. The molecule has 2 N–H and O–H groups in total. The summed E-state index contributed by atoms with van der Waals surface area (Å²) in [6, 6.07) is 1.72. The van der Waals surface area contributed by atoms with Gasteiger partial charge in [-0.1, -0.05) is 0 Å². The average Bonchev–Trinajstić information content (AvgIpc) is 2.45. The SMILES string of the molecule is CC([O])NC1CC2CCC1N2. The van der Waals surface area contributed by atoms with Crippen LogP contribution in [-0.4, -0.2) is 24.4 Å². The summed E-state index contributed by atoms with van der Waals surface area (Å²) in [7, 11) is 0. The van der Waals surface area contributed by atoms with E-state index in [1.165, 1.54) is 12.8 Å². The smallest absolute Gasteiger partial charge is 0.141 e. The van der Waals surface area contributed by atoms with Gasteiger partial charge in [0, 0.05) is 18.1 Å². The van der Waals surface area contributed by atoms with Crippen LogP contribution >= 0.6 is 0 Å². The molecule has 2 bridgehead atoms. The second-order valence-corrected chi connectivity index (χ2v) is 3.70. The highest BCUT2D eigenvalue weighted by atomic mass is 16.3. The van der Waals surface area contributed by atoms with Gasteiger partial charge in [-0.2, -0.15) is 0 Å². The molecule has 3 heteroatoms. The van der Waals surface area contributed by atoms with Crippen LogP contribution in [0.3, 0.4) is 0 Å². The van der Waals surface area contributed by atoms with E-state index < -0.39 is 6.23 Å². The summed E-state index contributed by atoms with van der Waals surface area (Å²) in [6.45, 7) is 1.67. The first-order chi connectivity index (χ1) is 5.25. The minimum atomic E-state index is -0.610. The quantitative estimate of drug-likeness (QED) is 0.561. The molecule has 0 amide bonds. The third-order valence-electron chi connectivity index (χ3n) is 2.75. The van der Waals surface area contributed by atoms with E-state index in [4.69, 9.17) is 0 Å². The van der Waals surface area contributed by atoms with Crippen molar-refractivity contribution < 1.29 is 5.11 Å². The van der Waals surface area contributed by atoms with E-state index in [9.17, 15) is 5.11 Å². The van der Waals surface area contributed by atoms with Crippen molar-refractivity contribution in [1.29, 1.82) is 0 Å². The third-order valence-corrected chi connectivity index (χ3v) is 2.75. The summed E-state index contributed by atoms with van der Waals surface area (Å²) in [4.78, 5) is 0. The minimum absolute atomic E-state index is 0.446. The van der Waals surface area contributed by atoms with Crippen molar-refractivity contribution in [2.24, 2.45) is 0 Å². The van der Waals surface area contributed by atoms with Gasteiger partial charge in [-0.25, -0.2) is 5.11 Å². The topological polar surface area (TPSA) is 44.0 Å². The van der Waals surface area contributed by atoms with E-state index in [1.807, 2.05) is 0 Å². The molecule has 2 saturated heterocycles. The van der Waals surface area contributed by atoms with Crippen molar-refractivity contribution in [3.05, 3.63) is 0 Å². The van der Waals surface area contributed by atoms with E-state index >= 15 is 0 Å². The fourth-order valence-electron chi connectivity index (χ4n) is 2.31. The monoisotopic (exact) mass is 155 g/mol. The Balaban J connectivity index is 1.87. The Kier molecular flexibility index (Phi) is 1.87. The van der Waals surface area contributed by atoms with Gasteiger partial charge in [-0.15, -0.1) is 0 Å². The molecular weight excluding hydrogens is 140 g/mol. The van der Waals surface area contributed by atoms with E-state index in [2.05, 4.69) is 10.6 Å². The molecule has 2 aliphatic rings. The molecule has 2 fully saturated rings. The molecule has 0 aromatic rings. The van der Waals surface area contributed by atoms with Crippen molar-refractivity contribution in [3.8, 4) is 0 Å². The molecule has 4 atom stereocenters. The van der Waals surface area contributed by atoms with Crippen LogP contribution in [0.5, 0.6) is 0 Å². The number of hydrogen-bond donors (Lipinski definition) is 2. The van der Waals surface area contributed by atoms with Crippen molar-refractivity contribution in [3.63, 3.8) is 0 Å². The van der Waals surface area contributed by atoms with Gasteiger partial charge in [-0.05, 0) is 26.2 Å². The van der Waals surface area contributed by atoms with Crippen LogP contribution in [0.2, 0.25) is 0 Å². The maximum absolute atomic E-state index is 10.8. The molecule has 11 heavy (non-hydrogen) atoms. The van der Waals surface area contributed by atoms with Crippen LogP contribution in [0.4, 0.5) is 0 Å². The molecule has 4 unspecified atom stereocenters. The number of hydrogen-bond acceptors (Lipinski definition) is 2. The van der Waals surface area contributed by atoms with Crippen molar-refractivity contribution in [2.45, 2.75) is 50.5 Å². The Morgan fingerprint density at radius 1 is 1.55 bits per heavy atom. The summed E-state index contributed by atoms with van der Waals surface area (Å²) < 4.78 is 0. The maximum atomic E-state index is 10.8. The fraction of sp³-hybridized carbons (Fsp3) is 1.00. The summed E-state index contributed by atoms with van der Waals surface area (Å²) in [5, 5.41) is 17.4. The third kappa shape index (κ3) is 1.41. The summed E-state index contributed by atoms with van der Waals surface area (Å²) in [5.74, 6) is 0. The van der Waals surface area contributed by atoms with Crippen LogP contribution in [0.1, 0.15) is 26.2 Å². The highest BCUT2D eigenvalue weighted by Crippen LogP contribution is 2.28. The first kappa shape index (κ1) is 7.53. The van der Waals surface area contributed by atoms with Gasteiger partial charge in [0.2, 0.25) is 0 Å². The van der Waals surface area contributed by atoms with Crippen molar-refractivity contribution >= 4 is 0 Å². The van der Waals surface area contributed by atoms with Gasteiger partial charge in [0.15, 0.2) is 0 Å². The number of fused-ring (bicyclic) bond motifs is 2. The molecule has 1 radical (unpaired) electrons. The Labute approximate surface area is 67.2 Å². The standard InChI is InChI=1S/C8H15N2O/c1-5(11)9-8-4-6-2-3-7(8)10-6/h5-10H,2-4H2,1H3. The van der Waals surface area contributed by atoms with Crippen LogP contribution in [0.15, 0.2) is 0 Å². The van der Waals surface area contributed by atoms with Gasteiger partial charge >= 0.3 is 0 Å². The predicted octanol–water partition coefficient (Wildman–Crippen LogP) is 0.245. The van der Waals surface area contributed by atoms with E-state index in [1.54, 1.807) is 6.92 Å². The number of nitrogens with one attached hydrogen (secondary N) is 2. The van der Waals surface area contributed by atoms with Crippen LogP contribution < -0.4 is 10.6 Å². The lowest BCUT2D eigenvalue weighted by Crippen LogP contribution is -2.43. The number of rotatable bonds is 2. The lowest BCUT2D eigenvalue weighted by Gasteiger charge is -2.22. The molecular formula is C8H15N2O. The summed E-state index contributed by atoms with van der Waals surface area (Å²) >= 11 is 0. The molecule has 0 spiro atoms. The predicted molar refractivity (Wildman–Crippen MR) is 41.6 cm³/mol. The summed E-state index contributed by atoms with van der Waals surface area (Å²) in [5.41, 5.74) is 0. The molecule has 63 valence electrons. The zero-order valence-electron chi connectivity index (χ0n) is 6.84. The molecule has 3 nitrogen and oxygen atoms in total. The molecule has 0 aromatic heterocycles. The largest absolute Gasteiger partial charge is 0.310 e. The zero-order valence-corrected chi connectivity index (χ0v) is 6.84. The van der Waals surface area contributed by atoms with Gasteiger partial charge < -0.3 is 5.32 Å². The molecule has 2 heterocycles. The average molecular weight is 155 g/mol. The first-order valence-corrected chi connectivity index (χ1v) is 4.43. The fourth-order valence-corrected chi connectivity index (χ4v) is 2.31. The minimum Gasteiger partial charge on any atom is -0.310 e. The van der Waals surface area contributed by atoms with E-state index in [0.29, 0.717) is 18.1 Å².